The van der Waals surface area contributed by atoms with Crippen LogP contribution in [-0.2, 0) is 4.79 Å². The highest BCUT2D eigenvalue weighted by Gasteiger charge is 2.31. The van der Waals surface area contributed by atoms with Crippen LogP contribution in [0.2, 0.25) is 0 Å². The summed E-state index contributed by atoms with van der Waals surface area (Å²) in [5, 5.41) is 0. The van der Waals surface area contributed by atoms with E-state index in [0.717, 1.165) is 32.5 Å². The van der Waals surface area contributed by atoms with Gasteiger partial charge in [-0.3, -0.25) is 4.79 Å². The van der Waals surface area contributed by atoms with Gasteiger partial charge in [0.05, 0.1) is 0 Å². The Balaban J connectivity index is 2.47. The molecule has 0 aromatic heterocycles. The summed E-state index contributed by atoms with van der Waals surface area (Å²) < 4.78 is 0. The zero-order chi connectivity index (χ0) is 10.8. The van der Waals surface area contributed by atoms with Crippen LogP contribution >= 0.6 is 0 Å². The Morgan fingerprint density at radius 2 is 1.93 bits per heavy atom. The molecule has 1 aliphatic rings. The first kappa shape index (κ1) is 11.5. The van der Waals surface area contributed by atoms with Crippen molar-refractivity contribution in [3.63, 3.8) is 0 Å². The van der Waals surface area contributed by atoms with Gasteiger partial charge >= 0.3 is 0 Å². The molecule has 1 saturated heterocycles. The molecule has 1 fully saturated rings. The van der Waals surface area contributed by atoms with Gasteiger partial charge in [-0.2, -0.15) is 0 Å². The van der Waals surface area contributed by atoms with E-state index >= 15 is 0 Å². The zero-order valence-electron chi connectivity index (χ0n) is 9.55. The molecule has 1 heterocycles. The molecule has 2 N–H and O–H groups in total. The lowest BCUT2D eigenvalue weighted by Gasteiger charge is -2.39. The number of hydrogen-bond acceptors (Lipinski definition) is 2. The Hall–Kier alpha value is -0.570. The summed E-state index contributed by atoms with van der Waals surface area (Å²) >= 11 is 0. The maximum atomic E-state index is 11.1. The first-order valence-electron chi connectivity index (χ1n) is 5.43. The fourth-order valence-corrected chi connectivity index (χ4v) is 2.14. The van der Waals surface area contributed by atoms with E-state index in [1.54, 1.807) is 6.92 Å². The molecule has 0 spiro atoms. The molecular weight excluding hydrogens is 176 g/mol. The summed E-state index contributed by atoms with van der Waals surface area (Å²) in [6.45, 7) is 8.64. The minimum Gasteiger partial charge on any atom is -0.343 e. The smallest absolute Gasteiger partial charge is 0.219 e. The molecule has 3 heteroatoms. The molecule has 1 aliphatic heterocycles. The van der Waals surface area contributed by atoms with Crippen molar-refractivity contribution in [2.45, 2.75) is 33.6 Å². The molecule has 1 amide bonds. The number of likely N-dealkylation sites (tertiary alicyclic amines) is 1. The normalized spacial score (nSPS) is 19.9. The fourth-order valence-electron chi connectivity index (χ4n) is 2.14. The van der Waals surface area contributed by atoms with Crippen molar-refractivity contribution >= 4 is 5.91 Å². The van der Waals surface area contributed by atoms with Gasteiger partial charge < -0.3 is 10.6 Å². The van der Waals surface area contributed by atoms with Gasteiger partial charge in [0.25, 0.3) is 0 Å². The molecule has 0 saturated carbocycles. The zero-order valence-corrected chi connectivity index (χ0v) is 9.55. The first-order valence-corrected chi connectivity index (χ1v) is 5.43. The van der Waals surface area contributed by atoms with Crippen LogP contribution in [-0.4, -0.2) is 30.4 Å². The van der Waals surface area contributed by atoms with Crippen LogP contribution in [0.1, 0.15) is 33.6 Å². The van der Waals surface area contributed by atoms with Crippen molar-refractivity contribution in [1.29, 1.82) is 0 Å². The van der Waals surface area contributed by atoms with Gasteiger partial charge in [0, 0.05) is 20.0 Å². The van der Waals surface area contributed by atoms with Gasteiger partial charge in [-0.1, -0.05) is 13.8 Å². The summed E-state index contributed by atoms with van der Waals surface area (Å²) in [7, 11) is 0. The second-order valence-corrected chi connectivity index (χ2v) is 4.97. The Morgan fingerprint density at radius 1 is 1.43 bits per heavy atom. The molecule has 82 valence electrons. The van der Waals surface area contributed by atoms with Crippen molar-refractivity contribution in [3.05, 3.63) is 0 Å². The van der Waals surface area contributed by atoms with E-state index in [1.807, 2.05) is 4.90 Å². The predicted molar refractivity (Wildman–Crippen MR) is 57.8 cm³/mol. The Kier molecular flexibility index (Phi) is 3.53. The number of nitrogens with zero attached hydrogens (tertiary/aromatic N) is 1. The molecular formula is C11H22N2O. The second-order valence-electron chi connectivity index (χ2n) is 4.97. The number of nitrogens with two attached hydrogens (primary N) is 1. The summed E-state index contributed by atoms with van der Waals surface area (Å²) in [5.74, 6) is 0.872. The van der Waals surface area contributed by atoms with Crippen LogP contribution in [0.3, 0.4) is 0 Å². The lowest BCUT2D eigenvalue weighted by Crippen LogP contribution is -2.43. The molecule has 0 unspecified atom stereocenters. The van der Waals surface area contributed by atoms with Crippen LogP contribution in [0.4, 0.5) is 0 Å². The largest absolute Gasteiger partial charge is 0.343 e. The number of amides is 1. The molecule has 0 atom stereocenters. The maximum Gasteiger partial charge on any atom is 0.219 e. The molecule has 3 nitrogen and oxygen atoms in total. The van der Waals surface area contributed by atoms with E-state index < -0.39 is 0 Å². The summed E-state index contributed by atoms with van der Waals surface area (Å²) in [6.07, 6.45) is 2.20. The van der Waals surface area contributed by atoms with Crippen LogP contribution < -0.4 is 5.73 Å². The van der Waals surface area contributed by atoms with E-state index in [1.165, 1.54) is 0 Å². The quantitative estimate of drug-likeness (QED) is 0.725. The van der Waals surface area contributed by atoms with Gasteiger partial charge in [0.1, 0.15) is 0 Å². The van der Waals surface area contributed by atoms with E-state index in [4.69, 9.17) is 5.73 Å². The summed E-state index contributed by atoms with van der Waals surface area (Å²) in [6, 6.07) is 0. The van der Waals surface area contributed by atoms with E-state index in [2.05, 4.69) is 13.8 Å². The molecule has 0 aromatic carbocycles. The topological polar surface area (TPSA) is 46.3 Å². The Morgan fingerprint density at radius 3 is 2.29 bits per heavy atom. The number of rotatable bonds is 2. The first-order chi connectivity index (χ1) is 6.47. The summed E-state index contributed by atoms with van der Waals surface area (Å²) in [5.41, 5.74) is 5.98. The van der Waals surface area contributed by atoms with E-state index in [-0.39, 0.29) is 11.3 Å². The average molecular weight is 198 g/mol. The average Bonchev–Trinajstić information content (AvgIpc) is 2.18. The van der Waals surface area contributed by atoms with E-state index in [9.17, 15) is 4.79 Å². The minimum atomic E-state index is 0.203. The van der Waals surface area contributed by atoms with Gasteiger partial charge in [-0.25, -0.2) is 0 Å². The minimum absolute atomic E-state index is 0.203. The van der Waals surface area contributed by atoms with Gasteiger partial charge in [0.15, 0.2) is 0 Å². The van der Waals surface area contributed by atoms with Crippen molar-refractivity contribution in [2.24, 2.45) is 17.1 Å². The number of piperidine rings is 1. The van der Waals surface area contributed by atoms with Crippen LogP contribution in [0, 0.1) is 11.3 Å². The van der Waals surface area contributed by atoms with Crippen LogP contribution in [0.25, 0.3) is 0 Å². The highest BCUT2D eigenvalue weighted by atomic mass is 16.2. The molecule has 0 aromatic rings. The fraction of sp³-hybridized carbons (Fsp3) is 0.909. The van der Waals surface area contributed by atoms with Gasteiger partial charge in [0.2, 0.25) is 5.91 Å². The number of hydrogen-bond donors (Lipinski definition) is 1. The highest BCUT2D eigenvalue weighted by molar-refractivity contribution is 5.73. The Bertz CT molecular complexity index is 205. The number of carbonyl (C=O) groups is 1. The van der Waals surface area contributed by atoms with Crippen LogP contribution in [0.15, 0.2) is 0 Å². The SMILES string of the molecule is CC(=O)N1CCC(C(C)(C)CN)CC1. The predicted octanol–water partition coefficient (Wildman–Crippen LogP) is 1.23. The highest BCUT2D eigenvalue weighted by Crippen LogP contribution is 2.33. The second kappa shape index (κ2) is 4.30. The molecule has 0 aliphatic carbocycles. The molecule has 0 radical (unpaired) electrons. The van der Waals surface area contributed by atoms with Gasteiger partial charge in [-0.05, 0) is 30.7 Å². The van der Waals surface area contributed by atoms with Crippen molar-refractivity contribution in [3.8, 4) is 0 Å². The molecule has 14 heavy (non-hydrogen) atoms. The molecule has 1 rings (SSSR count). The maximum absolute atomic E-state index is 11.1. The lowest BCUT2D eigenvalue weighted by atomic mass is 9.74. The van der Waals surface area contributed by atoms with Crippen molar-refractivity contribution in [1.82, 2.24) is 4.90 Å². The van der Waals surface area contributed by atoms with Crippen molar-refractivity contribution in [2.75, 3.05) is 19.6 Å². The lowest BCUT2D eigenvalue weighted by molar-refractivity contribution is -0.130. The third-order valence-corrected chi connectivity index (χ3v) is 3.57. The monoisotopic (exact) mass is 198 g/mol. The van der Waals surface area contributed by atoms with Gasteiger partial charge in [-0.15, -0.1) is 0 Å². The van der Waals surface area contributed by atoms with E-state index in [0.29, 0.717) is 5.92 Å². The molecule has 0 bridgehead atoms. The summed E-state index contributed by atoms with van der Waals surface area (Å²) in [4.78, 5) is 13.1. The Labute approximate surface area is 86.6 Å². The standard InChI is InChI=1S/C11H22N2O/c1-9(14)13-6-4-10(5-7-13)11(2,3)8-12/h10H,4-8,12H2,1-3H3. The van der Waals surface area contributed by atoms with Crippen molar-refractivity contribution < 1.29 is 4.79 Å². The van der Waals surface area contributed by atoms with Crippen LogP contribution in [0.5, 0.6) is 0 Å². The third-order valence-electron chi connectivity index (χ3n) is 3.57. The third kappa shape index (κ3) is 2.47. The number of carbonyl (C=O) groups excluding carboxylic acids is 1.